The molecule has 0 saturated carbocycles. The van der Waals surface area contributed by atoms with E-state index in [1.807, 2.05) is 19.1 Å². The Kier molecular flexibility index (Phi) is 8.46. The zero-order chi connectivity index (χ0) is 24.8. The first-order chi connectivity index (χ1) is 16.2. The number of halogens is 2. The van der Waals surface area contributed by atoms with Crippen LogP contribution in [0.25, 0.3) is 6.08 Å². The van der Waals surface area contributed by atoms with Gasteiger partial charge in [-0.25, -0.2) is 14.5 Å². The molecule has 3 rings (SSSR count). The number of hydrogen-bond acceptors (Lipinski definition) is 6. The van der Waals surface area contributed by atoms with Crippen molar-refractivity contribution in [2.24, 2.45) is 0 Å². The number of imide groups is 1. The molecular formula is C23H21Br2N3O6. The van der Waals surface area contributed by atoms with Gasteiger partial charge in [0, 0.05) is 5.69 Å². The van der Waals surface area contributed by atoms with Crippen molar-refractivity contribution < 1.29 is 28.7 Å². The van der Waals surface area contributed by atoms with Crippen molar-refractivity contribution in [3.8, 4) is 5.75 Å². The van der Waals surface area contributed by atoms with Gasteiger partial charge in [0.2, 0.25) is 5.91 Å². The Hall–Kier alpha value is -3.18. The summed E-state index contributed by atoms with van der Waals surface area (Å²) in [6.07, 6.45) is 2.20. The van der Waals surface area contributed by atoms with E-state index in [0.717, 1.165) is 16.9 Å². The van der Waals surface area contributed by atoms with Gasteiger partial charge < -0.3 is 20.1 Å². The van der Waals surface area contributed by atoms with Crippen LogP contribution in [0.5, 0.6) is 5.75 Å². The average molecular weight is 595 g/mol. The number of nitrogens with zero attached hydrogens (tertiary/aromatic N) is 1. The summed E-state index contributed by atoms with van der Waals surface area (Å²) < 4.78 is 11.0. The molecule has 34 heavy (non-hydrogen) atoms. The highest BCUT2D eigenvalue weighted by Crippen LogP contribution is 2.35. The maximum absolute atomic E-state index is 12.8. The summed E-state index contributed by atoms with van der Waals surface area (Å²) >= 11 is 6.72. The van der Waals surface area contributed by atoms with Gasteiger partial charge >= 0.3 is 12.0 Å². The number of methoxy groups -OCH3 is 1. The smallest absolute Gasteiger partial charge is 0.343 e. The second kappa shape index (κ2) is 11.3. The van der Waals surface area contributed by atoms with Crippen molar-refractivity contribution in [2.75, 3.05) is 25.6 Å². The minimum atomic E-state index is -0.689. The third-order valence-electron chi connectivity index (χ3n) is 4.83. The number of amides is 4. The average Bonchev–Trinajstić information content (AvgIpc) is 3.05. The van der Waals surface area contributed by atoms with E-state index in [1.54, 1.807) is 24.3 Å². The van der Waals surface area contributed by atoms with Gasteiger partial charge in [-0.3, -0.25) is 9.59 Å². The van der Waals surface area contributed by atoms with Crippen molar-refractivity contribution >= 4 is 67.4 Å². The number of anilines is 1. The summed E-state index contributed by atoms with van der Waals surface area (Å²) in [6, 6.07) is 9.95. The normalized spacial score (nSPS) is 14.2. The van der Waals surface area contributed by atoms with E-state index in [1.165, 1.54) is 13.2 Å². The topological polar surface area (TPSA) is 114 Å². The fourth-order valence-electron chi connectivity index (χ4n) is 3.16. The van der Waals surface area contributed by atoms with E-state index in [9.17, 15) is 19.2 Å². The highest BCUT2D eigenvalue weighted by atomic mass is 79.9. The lowest BCUT2D eigenvalue weighted by Gasteiger charge is -2.13. The molecule has 1 fully saturated rings. The maximum Gasteiger partial charge on any atom is 0.343 e. The van der Waals surface area contributed by atoms with E-state index in [2.05, 4.69) is 47.2 Å². The highest BCUT2D eigenvalue weighted by Gasteiger charge is 2.35. The van der Waals surface area contributed by atoms with Gasteiger partial charge in [0.1, 0.15) is 18.0 Å². The lowest BCUT2D eigenvalue weighted by molar-refractivity contribution is -0.143. The molecule has 0 aromatic heterocycles. The number of para-hydroxylation sites is 1. The first-order valence-corrected chi connectivity index (χ1v) is 11.7. The number of rotatable bonds is 8. The molecule has 0 spiro atoms. The van der Waals surface area contributed by atoms with E-state index >= 15 is 0 Å². The SMILES string of the molecule is CCc1ccccc1NC(=O)CN1C(=O)N/C(=C/c2cc(Br)c(OCC(=O)OC)c(Br)c2)C1=O. The van der Waals surface area contributed by atoms with Crippen LogP contribution in [0.15, 0.2) is 51.0 Å². The van der Waals surface area contributed by atoms with Crippen molar-refractivity contribution in [1.82, 2.24) is 10.2 Å². The Balaban J connectivity index is 1.72. The van der Waals surface area contributed by atoms with Gasteiger partial charge in [-0.05, 0) is 73.7 Å². The summed E-state index contributed by atoms with van der Waals surface area (Å²) in [7, 11) is 1.26. The lowest BCUT2D eigenvalue weighted by atomic mass is 10.1. The third-order valence-corrected chi connectivity index (χ3v) is 6.01. The zero-order valence-electron chi connectivity index (χ0n) is 18.3. The molecule has 2 N–H and O–H groups in total. The largest absolute Gasteiger partial charge is 0.480 e. The minimum Gasteiger partial charge on any atom is -0.480 e. The molecule has 2 aromatic rings. The molecular weight excluding hydrogens is 574 g/mol. The number of esters is 1. The number of aryl methyl sites for hydroxylation is 1. The van der Waals surface area contributed by atoms with Crippen LogP contribution < -0.4 is 15.4 Å². The van der Waals surface area contributed by atoms with Crippen molar-refractivity contribution in [3.05, 3.63) is 62.2 Å². The van der Waals surface area contributed by atoms with Crippen LogP contribution in [0.2, 0.25) is 0 Å². The number of benzene rings is 2. The van der Waals surface area contributed by atoms with E-state index < -0.39 is 30.4 Å². The van der Waals surface area contributed by atoms with Crippen LogP contribution in [-0.4, -0.2) is 49.0 Å². The summed E-state index contributed by atoms with van der Waals surface area (Å²) in [5.41, 5.74) is 2.18. The molecule has 0 unspecified atom stereocenters. The van der Waals surface area contributed by atoms with Crippen LogP contribution in [-0.2, 0) is 25.5 Å². The predicted octanol–water partition coefficient (Wildman–Crippen LogP) is 3.86. The molecule has 0 atom stereocenters. The second-order valence-corrected chi connectivity index (χ2v) is 8.83. The molecule has 1 saturated heterocycles. The van der Waals surface area contributed by atoms with Gasteiger partial charge in [-0.15, -0.1) is 0 Å². The lowest BCUT2D eigenvalue weighted by Crippen LogP contribution is -2.38. The minimum absolute atomic E-state index is 0.0220. The molecule has 1 heterocycles. The molecule has 1 aliphatic rings. The number of carbonyl (C=O) groups is 4. The molecule has 0 aliphatic carbocycles. The first-order valence-electron chi connectivity index (χ1n) is 10.1. The monoisotopic (exact) mass is 593 g/mol. The number of ether oxygens (including phenoxy) is 2. The van der Waals surface area contributed by atoms with Gasteiger partial charge in [0.05, 0.1) is 16.1 Å². The van der Waals surface area contributed by atoms with Crippen LogP contribution in [0, 0.1) is 0 Å². The van der Waals surface area contributed by atoms with Crippen LogP contribution >= 0.6 is 31.9 Å². The molecule has 0 radical (unpaired) electrons. The van der Waals surface area contributed by atoms with Crippen LogP contribution in [0.4, 0.5) is 10.5 Å². The predicted molar refractivity (Wildman–Crippen MR) is 132 cm³/mol. The number of hydrogen-bond donors (Lipinski definition) is 2. The van der Waals surface area contributed by atoms with Gasteiger partial charge in [0.15, 0.2) is 6.61 Å². The van der Waals surface area contributed by atoms with E-state index in [0.29, 0.717) is 25.9 Å². The zero-order valence-corrected chi connectivity index (χ0v) is 21.5. The van der Waals surface area contributed by atoms with Crippen LogP contribution in [0.3, 0.4) is 0 Å². The van der Waals surface area contributed by atoms with E-state index in [-0.39, 0.29) is 12.3 Å². The number of nitrogens with one attached hydrogen (secondary N) is 2. The number of urea groups is 1. The summed E-state index contributed by atoms with van der Waals surface area (Å²) in [4.78, 5) is 49.8. The van der Waals surface area contributed by atoms with Crippen molar-refractivity contribution in [1.29, 1.82) is 0 Å². The summed E-state index contributed by atoms with van der Waals surface area (Å²) in [5.74, 6) is -1.27. The van der Waals surface area contributed by atoms with Crippen molar-refractivity contribution in [3.63, 3.8) is 0 Å². The molecule has 2 aromatic carbocycles. The molecule has 1 aliphatic heterocycles. The first kappa shape index (κ1) is 25.4. The molecule has 4 amide bonds. The second-order valence-electron chi connectivity index (χ2n) is 7.12. The molecule has 178 valence electrons. The van der Waals surface area contributed by atoms with Crippen molar-refractivity contribution in [2.45, 2.75) is 13.3 Å². The maximum atomic E-state index is 12.8. The van der Waals surface area contributed by atoms with Gasteiger partial charge in [-0.1, -0.05) is 25.1 Å². The summed E-state index contributed by atoms with van der Waals surface area (Å²) in [6.45, 7) is 1.27. The Morgan fingerprint density at radius 1 is 1.15 bits per heavy atom. The molecule has 9 nitrogen and oxygen atoms in total. The quantitative estimate of drug-likeness (QED) is 0.273. The Morgan fingerprint density at radius 3 is 2.47 bits per heavy atom. The fraction of sp³-hybridized carbons (Fsp3) is 0.217. The Bertz CT molecular complexity index is 1160. The Morgan fingerprint density at radius 2 is 1.82 bits per heavy atom. The van der Waals surface area contributed by atoms with Crippen LogP contribution in [0.1, 0.15) is 18.1 Å². The Labute approximate surface area is 212 Å². The summed E-state index contributed by atoms with van der Waals surface area (Å²) in [5, 5.41) is 5.24. The standard InChI is InChI=1S/C23H21Br2N3O6/c1-3-14-6-4-5-7-17(14)26-19(29)11-28-22(31)18(27-23(28)32)10-13-8-15(24)21(16(25)9-13)34-12-20(30)33-2/h4-10H,3,11-12H2,1-2H3,(H,26,29)(H,27,32)/b18-10+. The highest BCUT2D eigenvalue weighted by molar-refractivity contribution is 9.11. The molecule has 11 heteroatoms. The third kappa shape index (κ3) is 6.03. The number of carbonyl (C=O) groups excluding carboxylic acids is 4. The van der Waals surface area contributed by atoms with Gasteiger partial charge in [0.25, 0.3) is 5.91 Å². The fourth-order valence-corrected chi connectivity index (χ4v) is 4.61. The molecule has 0 bridgehead atoms. The van der Waals surface area contributed by atoms with Gasteiger partial charge in [-0.2, -0.15) is 0 Å². The van der Waals surface area contributed by atoms with E-state index in [4.69, 9.17) is 4.74 Å².